The first-order valence-electron chi connectivity index (χ1n) is 11.0. The van der Waals surface area contributed by atoms with Gasteiger partial charge in [0.2, 0.25) is 0 Å². The first-order chi connectivity index (χ1) is 14.7. The zero-order chi connectivity index (χ0) is 21.0. The van der Waals surface area contributed by atoms with Gasteiger partial charge in [0.05, 0.1) is 6.10 Å². The van der Waals surface area contributed by atoms with Crippen LogP contribution in [0.2, 0.25) is 0 Å². The normalized spacial score (nSPS) is 15.5. The van der Waals surface area contributed by atoms with Crippen LogP contribution in [0.4, 0.5) is 0 Å². The Kier molecular flexibility index (Phi) is 11.8. The zero-order valence-corrected chi connectivity index (χ0v) is 21.0. The average molecular weight is 541 g/mol. The average Bonchev–Trinajstić information content (AvgIpc) is 3.18. The van der Waals surface area contributed by atoms with E-state index in [0.29, 0.717) is 12.6 Å². The summed E-state index contributed by atoms with van der Waals surface area (Å²) in [6, 6.07) is 10.7. The van der Waals surface area contributed by atoms with Crippen molar-refractivity contribution < 1.29 is 4.74 Å². The lowest BCUT2D eigenvalue weighted by Crippen LogP contribution is -2.39. The number of aromatic nitrogens is 3. The molecule has 1 aromatic heterocycles. The minimum Gasteiger partial charge on any atom is -0.378 e. The van der Waals surface area contributed by atoms with Gasteiger partial charge in [-0.2, -0.15) is 5.10 Å². The van der Waals surface area contributed by atoms with Crippen molar-refractivity contribution in [3.8, 4) is 0 Å². The molecule has 1 aliphatic rings. The number of nitrogens with one attached hydrogen (secondary N) is 2. The van der Waals surface area contributed by atoms with Crippen LogP contribution < -0.4 is 10.6 Å². The van der Waals surface area contributed by atoms with E-state index in [9.17, 15) is 0 Å². The Bertz CT molecular complexity index is 760. The molecule has 1 aromatic carbocycles. The lowest BCUT2D eigenvalue weighted by atomic mass is 10.1. The van der Waals surface area contributed by atoms with Gasteiger partial charge in [0.1, 0.15) is 18.7 Å². The van der Waals surface area contributed by atoms with Crippen LogP contribution in [0, 0.1) is 0 Å². The van der Waals surface area contributed by atoms with Crippen LogP contribution in [0.1, 0.15) is 37.6 Å². The number of benzene rings is 1. The molecule has 0 unspecified atom stereocenters. The molecule has 31 heavy (non-hydrogen) atoms. The number of nitrogens with zero attached hydrogens (tertiary/aromatic N) is 5. The van der Waals surface area contributed by atoms with Crippen molar-refractivity contribution in [3.05, 3.63) is 48.0 Å². The number of halogens is 1. The van der Waals surface area contributed by atoms with Gasteiger partial charge in [-0.1, -0.05) is 30.3 Å². The van der Waals surface area contributed by atoms with E-state index in [0.717, 1.165) is 70.4 Å². The Morgan fingerprint density at radius 1 is 1.19 bits per heavy atom. The Labute approximate surface area is 202 Å². The van der Waals surface area contributed by atoms with E-state index < -0.39 is 0 Å². The predicted octanol–water partition coefficient (Wildman–Crippen LogP) is 2.56. The van der Waals surface area contributed by atoms with Crippen LogP contribution in [-0.2, 0) is 24.9 Å². The van der Waals surface area contributed by atoms with Crippen LogP contribution in [0.3, 0.4) is 0 Å². The van der Waals surface area contributed by atoms with Crippen molar-refractivity contribution in [1.29, 1.82) is 0 Å². The molecule has 9 heteroatoms. The summed E-state index contributed by atoms with van der Waals surface area (Å²) in [5.41, 5.74) is 1.39. The molecule has 2 N–H and O–H groups in total. The maximum atomic E-state index is 6.11. The van der Waals surface area contributed by atoms with Gasteiger partial charge in [-0.05, 0) is 31.7 Å². The van der Waals surface area contributed by atoms with Crippen molar-refractivity contribution in [2.75, 3.05) is 32.8 Å². The zero-order valence-electron chi connectivity index (χ0n) is 18.7. The number of likely N-dealkylation sites (tertiary alicyclic amines) is 1. The molecule has 1 aliphatic heterocycles. The number of piperidine rings is 1. The number of aliphatic imine (C=N–C) groups is 1. The molecule has 0 atom stereocenters. The van der Waals surface area contributed by atoms with E-state index in [4.69, 9.17) is 4.74 Å². The third-order valence-electron chi connectivity index (χ3n) is 5.28. The quantitative estimate of drug-likeness (QED) is 0.209. The van der Waals surface area contributed by atoms with Gasteiger partial charge in [-0.3, -0.25) is 9.58 Å². The lowest BCUT2D eigenvalue weighted by molar-refractivity contribution is 0.00534. The molecule has 0 bridgehead atoms. The van der Waals surface area contributed by atoms with Crippen LogP contribution >= 0.6 is 24.0 Å². The van der Waals surface area contributed by atoms with E-state index >= 15 is 0 Å². The summed E-state index contributed by atoms with van der Waals surface area (Å²) >= 11 is 0. The topological polar surface area (TPSA) is 79.6 Å². The molecular formula is C22H36IN7O. The number of aryl methyl sites for hydroxylation is 1. The fourth-order valence-corrected chi connectivity index (χ4v) is 3.56. The second-order valence-corrected chi connectivity index (χ2v) is 7.61. The van der Waals surface area contributed by atoms with Crippen LogP contribution in [-0.4, -0.2) is 64.5 Å². The van der Waals surface area contributed by atoms with Gasteiger partial charge in [-0.25, -0.2) is 9.98 Å². The van der Waals surface area contributed by atoms with E-state index in [-0.39, 0.29) is 24.0 Å². The van der Waals surface area contributed by atoms with Gasteiger partial charge in [0, 0.05) is 46.4 Å². The molecule has 1 fully saturated rings. The number of hydrogen-bond donors (Lipinski definition) is 2. The summed E-state index contributed by atoms with van der Waals surface area (Å²) in [4.78, 5) is 11.3. The Hall–Kier alpha value is -1.72. The standard InChI is InChI=1S/C22H35N7O.HI/c1-3-23-22(25-16-21-26-18-27-28(21)2)24-12-7-15-30-20-10-13-29(14-11-20)17-19-8-5-4-6-9-19;/h4-6,8-9,18,20H,3,7,10-17H2,1-2H3,(H2,23,24,25);1H. The first-order valence-corrected chi connectivity index (χ1v) is 11.0. The maximum absolute atomic E-state index is 6.11. The molecule has 172 valence electrons. The largest absolute Gasteiger partial charge is 0.378 e. The molecular weight excluding hydrogens is 505 g/mol. The number of rotatable bonds is 10. The van der Waals surface area contributed by atoms with Crippen LogP contribution in [0.25, 0.3) is 0 Å². The van der Waals surface area contributed by atoms with Gasteiger partial charge < -0.3 is 15.4 Å². The third kappa shape index (κ3) is 9.12. The number of ether oxygens (including phenoxy) is 1. The third-order valence-corrected chi connectivity index (χ3v) is 5.28. The predicted molar refractivity (Wildman–Crippen MR) is 135 cm³/mol. The fraction of sp³-hybridized carbons (Fsp3) is 0.591. The molecule has 2 heterocycles. The number of guanidine groups is 1. The summed E-state index contributed by atoms with van der Waals surface area (Å²) < 4.78 is 7.85. The Balaban J connectivity index is 0.00000341. The fourth-order valence-electron chi connectivity index (χ4n) is 3.56. The summed E-state index contributed by atoms with van der Waals surface area (Å²) in [5, 5.41) is 10.7. The Morgan fingerprint density at radius 3 is 2.65 bits per heavy atom. The number of hydrogen-bond acceptors (Lipinski definition) is 5. The van der Waals surface area contributed by atoms with Crippen molar-refractivity contribution in [2.24, 2.45) is 12.0 Å². The monoisotopic (exact) mass is 541 g/mol. The van der Waals surface area contributed by atoms with Gasteiger partial charge in [-0.15, -0.1) is 24.0 Å². The summed E-state index contributed by atoms with van der Waals surface area (Å²) in [5.74, 6) is 1.64. The minimum atomic E-state index is 0. The molecule has 1 saturated heterocycles. The molecule has 0 amide bonds. The van der Waals surface area contributed by atoms with E-state index in [1.54, 1.807) is 11.0 Å². The molecule has 0 radical (unpaired) electrons. The van der Waals surface area contributed by atoms with Crippen molar-refractivity contribution in [2.45, 2.75) is 45.4 Å². The molecule has 0 aliphatic carbocycles. The molecule has 8 nitrogen and oxygen atoms in total. The van der Waals surface area contributed by atoms with Crippen LogP contribution in [0.5, 0.6) is 0 Å². The summed E-state index contributed by atoms with van der Waals surface area (Å²) in [7, 11) is 1.88. The van der Waals surface area contributed by atoms with Crippen molar-refractivity contribution >= 4 is 29.9 Å². The van der Waals surface area contributed by atoms with E-state index in [1.807, 2.05) is 7.05 Å². The van der Waals surface area contributed by atoms with Gasteiger partial charge in [0.25, 0.3) is 0 Å². The highest BCUT2D eigenvalue weighted by Crippen LogP contribution is 2.16. The highest BCUT2D eigenvalue weighted by Gasteiger charge is 2.19. The van der Waals surface area contributed by atoms with Gasteiger partial charge in [0.15, 0.2) is 5.96 Å². The highest BCUT2D eigenvalue weighted by molar-refractivity contribution is 14.0. The molecule has 2 aromatic rings. The van der Waals surface area contributed by atoms with E-state index in [1.165, 1.54) is 5.56 Å². The smallest absolute Gasteiger partial charge is 0.191 e. The SMILES string of the molecule is CCNC(=NCc1ncnn1C)NCCCOC1CCN(Cc2ccccc2)CC1.I. The van der Waals surface area contributed by atoms with E-state index in [2.05, 4.69) is 67.9 Å². The van der Waals surface area contributed by atoms with Crippen molar-refractivity contribution in [3.63, 3.8) is 0 Å². The summed E-state index contributed by atoms with van der Waals surface area (Å²) in [6.45, 7) is 8.25. The minimum absolute atomic E-state index is 0. The van der Waals surface area contributed by atoms with Crippen LogP contribution in [0.15, 0.2) is 41.7 Å². The Morgan fingerprint density at radius 2 is 1.97 bits per heavy atom. The van der Waals surface area contributed by atoms with Gasteiger partial charge >= 0.3 is 0 Å². The van der Waals surface area contributed by atoms with Crippen molar-refractivity contribution in [1.82, 2.24) is 30.3 Å². The summed E-state index contributed by atoms with van der Waals surface area (Å²) in [6.07, 6.45) is 5.12. The maximum Gasteiger partial charge on any atom is 0.191 e. The molecule has 0 spiro atoms. The molecule has 3 rings (SSSR count). The first kappa shape index (κ1) is 25.5. The lowest BCUT2D eigenvalue weighted by Gasteiger charge is -2.32. The molecule has 0 saturated carbocycles. The highest BCUT2D eigenvalue weighted by atomic mass is 127. The second kappa shape index (κ2) is 14.4. The second-order valence-electron chi connectivity index (χ2n) is 7.61.